The number of hydrogen-bond acceptors (Lipinski definition) is 3. The van der Waals surface area contributed by atoms with Gasteiger partial charge in [0.1, 0.15) is 5.75 Å². The molecule has 1 fully saturated rings. The maximum absolute atomic E-state index is 6.33. The molecule has 1 aromatic rings. The van der Waals surface area contributed by atoms with Gasteiger partial charge >= 0.3 is 0 Å². The van der Waals surface area contributed by atoms with Gasteiger partial charge in [0.15, 0.2) is 0 Å². The van der Waals surface area contributed by atoms with Crippen molar-refractivity contribution in [3.05, 3.63) is 29.3 Å². The molecule has 2 aliphatic heterocycles. The third-order valence-corrected chi connectivity index (χ3v) is 5.21. The van der Waals surface area contributed by atoms with Crippen LogP contribution in [-0.4, -0.2) is 31.1 Å². The summed E-state index contributed by atoms with van der Waals surface area (Å²) in [6.07, 6.45) is 4.78. The summed E-state index contributed by atoms with van der Waals surface area (Å²) < 4.78 is 6.02. The van der Waals surface area contributed by atoms with Crippen LogP contribution in [0.2, 0.25) is 0 Å². The number of fused-ring (bicyclic) bond motifs is 1. The Kier molecular flexibility index (Phi) is 4.23. The summed E-state index contributed by atoms with van der Waals surface area (Å²) in [6.45, 7) is 8.33. The Morgan fingerprint density at radius 2 is 2.00 bits per heavy atom. The van der Waals surface area contributed by atoms with Crippen molar-refractivity contribution in [2.45, 2.75) is 51.0 Å². The van der Waals surface area contributed by atoms with Crippen LogP contribution in [0.1, 0.15) is 56.6 Å². The summed E-state index contributed by atoms with van der Waals surface area (Å²) in [5.41, 5.74) is 9.03. The fraction of sp³-hybridized carbons (Fsp3) is 0.667. The third-order valence-electron chi connectivity index (χ3n) is 5.21. The Morgan fingerprint density at radius 1 is 1.24 bits per heavy atom. The van der Waals surface area contributed by atoms with Crippen LogP contribution in [0.15, 0.2) is 18.2 Å². The highest BCUT2D eigenvalue weighted by atomic mass is 16.5. The first-order valence-electron chi connectivity index (χ1n) is 8.40. The minimum absolute atomic E-state index is 0.0206. The van der Waals surface area contributed by atoms with Gasteiger partial charge in [-0.05, 0) is 62.4 Å². The fourth-order valence-corrected chi connectivity index (χ4v) is 3.89. The van der Waals surface area contributed by atoms with Crippen molar-refractivity contribution in [3.8, 4) is 5.75 Å². The zero-order chi connectivity index (χ0) is 14.9. The van der Waals surface area contributed by atoms with Gasteiger partial charge in [0, 0.05) is 12.1 Å². The molecule has 2 N–H and O–H groups in total. The molecule has 0 aromatic heterocycles. The van der Waals surface area contributed by atoms with E-state index in [-0.39, 0.29) is 5.54 Å². The molecule has 0 bridgehead atoms. The Bertz CT molecular complexity index is 494. The molecule has 0 aliphatic carbocycles. The van der Waals surface area contributed by atoms with Crippen LogP contribution in [0.3, 0.4) is 0 Å². The molecule has 0 radical (unpaired) electrons. The van der Waals surface area contributed by atoms with E-state index in [0.717, 1.165) is 25.2 Å². The summed E-state index contributed by atoms with van der Waals surface area (Å²) in [6, 6.07) is 6.73. The maximum Gasteiger partial charge on any atom is 0.124 e. The molecule has 1 aromatic carbocycles. The van der Waals surface area contributed by atoms with Crippen molar-refractivity contribution in [2.24, 2.45) is 5.73 Å². The Hall–Kier alpha value is -1.06. The largest absolute Gasteiger partial charge is 0.493 e. The van der Waals surface area contributed by atoms with Crippen molar-refractivity contribution in [1.29, 1.82) is 0 Å². The lowest BCUT2D eigenvalue weighted by atomic mass is 9.82. The second-order valence-electron chi connectivity index (χ2n) is 6.79. The maximum atomic E-state index is 6.33. The quantitative estimate of drug-likeness (QED) is 0.928. The number of benzene rings is 1. The number of hydrogen-bond donors (Lipinski definition) is 1. The van der Waals surface area contributed by atoms with Crippen molar-refractivity contribution in [3.63, 3.8) is 0 Å². The van der Waals surface area contributed by atoms with Gasteiger partial charge in [0.05, 0.1) is 12.1 Å². The lowest BCUT2D eigenvalue weighted by molar-refractivity contribution is 0.112. The predicted octanol–water partition coefficient (Wildman–Crippen LogP) is 3.23. The number of nitrogens with zero attached hydrogens (tertiary/aromatic N) is 1. The number of rotatable bonds is 3. The molecule has 2 heterocycles. The minimum atomic E-state index is -0.0206. The molecular weight excluding hydrogens is 260 g/mol. The van der Waals surface area contributed by atoms with Crippen molar-refractivity contribution < 1.29 is 4.74 Å². The van der Waals surface area contributed by atoms with E-state index >= 15 is 0 Å². The van der Waals surface area contributed by atoms with Gasteiger partial charge in [0.2, 0.25) is 0 Å². The second kappa shape index (κ2) is 5.98. The van der Waals surface area contributed by atoms with Crippen LogP contribution in [0.4, 0.5) is 0 Å². The highest BCUT2D eigenvalue weighted by molar-refractivity contribution is 5.44. The van der Waals surface area contributed by atoms with Gasteiger partial charge in [-0.3, -0.25) is 4.90 Å². The molecule has 2 aliphatic rings. The molecular formula is C18H28N2O. The Balaban J connectivity index is 2.10. The Labute approximate surface area is 128 Å². The van der Waals surface area contributed by atoms with Gasteiger partial charge < -0.3 is 10.5 Å². The van der Waals surface area contributed by atoms with Gasteiger partial charge in [-0.2, -0.15) is 0 Å². The molecule has 21 heavy (non-hydrogen) atoms. The number of ether oxygens (including phenoxy) is 1. The van der Waals surface area contributed by atoms with Crippen molar-refractivity contribution in [2.75, 3.05) is 26.2 Å². The van der Waals surface area contributed by atoms with Gasteiger partial charge in [-0.15, -0.1) is 0 Å². The lowest BCUT2D eigenvalue weighted by Gasteiger charge is -2.41. The molecule has 3 rings (SSSR count). The van der Waals surface area contributed by atoms with E-state index in [0.29, 0.717) is 12.5 Å². The molecule has 1 unspecified atom stereocenters. The summed E-state index contributed by atoms with van der Waals surface area (Å²) in [4.78, 5) is 2.62. The summed E-state index contributed by atoms with van der Waals surface area (Å²) in [5.74, 6) is 1.59. The molecule has 0 saturated carbocycles. The first-order chi connectivity index (χ1) is 10.2. The van der Waals surface area contributed by atoms with E-state index in [1.54, 1.807) is 0 Å². The predicted molar refractivity (Wildman–Crippen MR) is 86.8 cm³/mol. The molecule has 116 valence electrons. The molecule has 0 spiro atoms. The van der Waals surface area contributed by atoms with Crippen molar-refractivity contribution in [1.82, 2.24) is 4.90 Å². The number of nitrogens with two attached hydrogens (primary N) is 1. The topological polar surface area (TPSA) is 38.5 Å². The van der Waals surface area contributed by atoms with Crippen LogP contribution in [-0.2, 0) is 5.54 Å². The van der Waals surface area contributed by atoms with E-state index in [9.17, 15) is 0 Å². The van der Waals surface area contributed by atoms with E-state index in [1.165, 1.54) is 37.1 Å². The van der Waals surface area contributed by atoms with E-state index in [2.05, 4.69) is 36.9 Å². The molecule has 0 amide bonds. The third kappa shape index (κ3) is 2.58. The van der Waals surface area contributed by atoms with Gasteiger partial charge in [0.25, 0.3) is 0 Å². The van der Waals surface area contributed by atoms with E-state index in [1.807, 2.05) is 0 Å². The molecule has 3 heteroatoms. The van der Waals surface area contributed by atoms with E-state index < -0.39 is 0 Å². The standard InChI is InChI=1S/C18H28N2O/c1-14(2)15-6-7-17-16(12-15)18(13-19,8-5-11-21-17)20-9-3-4-10-20/h6-7,12,14H,3-5,8-11,13,19H2,1-2H3. The molecule has 1 saturated heterocycles. The summed E-state index contributed by atoms with van der Waals surface area (Å²) in [7, 11) is 0. The first-order valence-corrected chi connectivity index (χ1v) is 8.40. The van der Waals surface area contributed by atoms with Gasteiger partial charge in [-0.1, -0.05) is 19.9 Å². The van der Waals surface area contributed by atoms with Crippen LogP contribution < -0.4 is 10.5 Å². The Morgan fingerprint density at radius 3 is 2.67 bits per heavy atom. The second-order valence-corrected chi connectivity index (χ2v) is 6.79. The molecule has 1 atom stereocenters. The van der Waals surface area contributed by atoms with Crippen LogP contribution in [0.25, 0.3) is 0 Å². The van der Waals surface area contributed by atoms with Crippen LogP contribution in [0, 0.1) is 0 Å². The highest BCUT2D eigenvalue weighted by Crippen LogP contribution is 2.43. The fourth-order valence-electron chi connectivity index (χ4n) is 3.89. The zero-order valence-corrected chi connectivity index (χ0v) is 13.4. The zero-order valence-electron chi connectivity index (χ0n) is 13.4. The molecule has 3 nitrogen and oxygen atoms in total. The van der Waals surface area contributed by atoms with Crippen LogP contribution in [0.5, 0.6) is 5.75 Å². The number of likely N-dealkylation sites (tertiary alicyclic amines) is 1. The summed E-state index contributed by atoms with van der Waals surface area (Å²) in [5, 5.41) is 0. The minimum Gasteiger partial charge on any atom is -0.493 e. The lowest BCUT2D eigenvalue weighted by Crippen LogP contribution is -2.49. The highest BCUT2D eigenvalue weighted by Gasteiger charge is 2.41. The average molecular weight is 288 g/mol. The van der Waals surface area contributed by atoms with E-state index in [4.69, 9.17) is 10.5 Å². The van der Waals surface area contributed by atoms with Crippen LogP contribution >= 0.6 is 0 Å². The smallest absolute Gasteiger partial charge is 0.124 e. The summed E-state index contributed by atoms with van der Waals surface area (Å²) >= 11 is 0. The normalized spacial score (nSPS) is 26.5. The van der Waals surface area contributed by atoms with Gasteiger partial charge in [-0.25, -0.2) is 0 Å². The average Bonchev–Trinajstić information content (AvgIpc) is 2.96. The monoisotopic (exact) mass is 288 g/mol. The van der Waals surface area contributed by atoms with Crippen molar-refractivity contribution >= 4 is 0 Å². The first kappa shape index (κ1) is 14.9. The SMILES string of the molecule is CC(C)c1ccc2c(c1)C(CN)(N1CCCC1)CCCO2.